The standard InChI is InChI=1S/C15H27N3/c1-7-8-16-14(15(4,5)6)10-13-9-11(2)17-12(3)18-13/h9,14,16H,7-8,10H2,1-6H3. The first-order chi connectivity index (χ1) is 8.32. The van der Waals surface area contributed by atoms with Crippen LogP contribution >= 0.6 is 0 Å². The number of aryl methyl sites for hydroxylation is 2. The third-order valence-corrected chi connectivity index (χ3v) is 3.12. The molecular weight excluding hydrogens is 222 g/mol. The predicted octanol–water partition coefficient (Wildman–Crippen LogP) is 3.05. The second-order valence-electron chi connectivity index (χ2n) is 6.12. The molecule has 1 aromatic rings. The SMILES string of the molecule is CCCNC(Cc1cc(C)nc(C)n1)C(C)(C)C. The molecule has 0 spiro atoms. The van der Waals surface area contributed by atoms with Gasteiger partial charge in [-0.05, 0) is 38.3 Å². The first-order valence-electron chi connectivity index (χ1n) is 6.87. The Bertz CT molecular complexity index is 360. The molecule has 0 fully saturated rings. The van der Waals surface area contributed by atoms with Crippen molar-refractivity contribution < 1.29 is 0 Å². The second kappa shape index (κ2) is 6.28. The van der Waals surface area contributed by atoms with Crippen LogP contribution in [0.1, 0.15) is 51.3 Å². The van der Waals surface area contributed by atoms with Crippen LogP contribution in [0.25, 0.3) is 0 Å². The molecule has 1 rings (SSSR count). The topological polar surface area (TPSA) is 37.8 Å². The molecule has 3 heteroatoms. The van der Waals surface area contributed by atoms with Crippen molar-refractivity contribution in [1.29, 1.82) is 0 Å². The minimum atomic E-state index is 0.238. The molecule has 3 nitrogen and oxygen atoms in total. The maximum Gasteiger partial charge on any atom is 0.125 e. The molecule has 1 heterocycles. The van der Waals surface area contributed by atoms with Crippen molar-refractivity contribution in [2.75, 3.05) is 6.54 Å². The van der Waals surface area contributed by atoms with Crippen LogP contribution < -0.4 is 5.32 Å². The zero-order valence-electron chi connectivity index (χ0n) is 12.7. The summed E-state index contributed by atoms with van der Waals surface area (Å²) in [6.07, 6.45) is 2.13. The molecule has 0 saturated heterocycles. The normalized spacial score (nSPS) is 13.7. The summed E-state index contributed by atoms with van der Waals surface area (Å²) in [6, 6.07) is 2.55. The van der Waals surface area contributed by atoms with Gasteiger partial charge in [0.05, 0.1) is 0 Å². The highest BCUT2D eigenvalue weighted by atomic mass is 14.9. The van der Waals surface area contributed by atoms with Gasteiger partial charge in [-0.3, -0.25) is 0 Å². The molecule has 0 bridgehead atoms. The van der Waals surface area contributed by atoms with Gasteiger partial charge in [0.25, 0.3) is 0 Å². The Balaban J connectivity index is 2.82. The summed E-state index contributed by atoms with van der Waals surface area (Å²) in [5, 5.41) is 3.64. The molecule has 1 atom stereocenters. The van der Waals surface area contributed by atoms with E-state index in [1.807, 2.05) is 13.8 Å². The number of nitrogens with one attached hydrogen (secondary N) is 1. The van der Waals surface area contributed by atoms with E-state index >= 15 is 0 Å². The Morgan fingerprint density at radius 1 is 1.22 bits per heavy atom. The lowest BCUT2D eigenvalue weighted by molar-refractivity contribution is 0.265. The fraction of sp³-hybridized carbons (Fsp3) is 0.733. The second-order valence-corrected chi connectivity index (χ2v) is 6.12. The van der Waals surface area contributed by atoms with Crippen LogP contribution in [-0.2, 0) is 6.42 Å². The quantitative estimate of drug-likeness (QED) is 0.871. The van der Waals surface area contributed by atoms with E-state index in [2.05, 4.69) is 49.0 Å². The fourth-order valence-electron chi connectivity index (χ4n) is 2.11. The molecule has 0 amide bonds. The molecule has 0 saturated carbocycles. The molecule has 0 aliphatic heterocycles. The molecule has 1 unspecified atom stereocenters. The average molecular weight is 249 g/mol. The first kappa shape index (κ1) is 15.1. The van der Waals surface area contributed by atoms with Gasteiger partial charge in [0.15, 0.2) is 0 Å². The summed E-state index contributed by atoms with van der Waals surface area (Å²) in [6.45, 7) is 14.1. The molecule has 0 radical (unpaired) electrons. The first-order valence-corrected chi connectivity index (χ1v) is 6.87. The minimum absolute atomic E-state index is 0.238. The van der Waals surface area contributed by atoms with Gasteiger partial charge in [0.2, 0.25) is 0 Å². The van der Waals surface area contributed by atoms with Gasteiger partial charge in [-0.2, -0.15) is 0 Å². The van der Waals surface area contributed by atoms with E-state index in [4.69, 9.17) is 0 Å². The van der Waals surface area contributed by atoms with E-state index in [1.165, 1.54) is 0 Å². The van der Waals surface area contributed by atoms with Gasteiger partial charge in [0.1, 0.15) is 5.82 Å². The molecule has 1 aromatic heterocycles. The maximum absolute atomic E-state index is 4.54. The molecule has 1 N–H and O–H groups in total. The number of rotatable bonds is 5. The van der Waals surface area contributed by atoms with Crippen molar-refractivity contribution in [1.82, 2.24) is 15.3 Å². The Kier molecular flexibility index (Phi) is 5.27. The van der Waals surface area contributed by atoms with Gasteiger partial charge < -0.3 is 5.32 Å². The molecule has 18 heavy (non-hydrogen) atoms. The molecular formula is C15H27N3. The van der Waals surface area contributed by atoms with Crippen molar-refractivity contribution in [2.24, 2.45) is 5.41 Å². The summed E-state index contributed by atoms with van der Waals surface area (Å²) < 4.78 is 0. The van der Waals surface area contributed by atoms with Crippen LogP contribution in [0.15, 0.2) is 6.07 Å². The van der Waals surface area contributed by atoms with E-state index in [0.717, 1.165) is 36.6 Å². The molecule has 0 aliphatic carbocycles. The van der Waals surface area contributed by atoms with Crippen LogP contribution in [0.5, 0.6) is 0 Å². The zero-order valence-corrected chi connectivity index (χ0v) is 12.7. The highest BCUT2D eigenvalue weighted by Gasteiger charge is 2.24. The zero-order chi connectivity index (χ0) is 13.8. The Morgan fingerprint density at radius 3 is 2.39 bits per heavy atom. The number of aromatic nitrogens is 2. The van der Waals surface area contributed by atoms with Crippen LogP contribution in [0.3, 0.4) is 0 Å². The lowest BCUT2D eigenvalue weighted by atomic mass is 9.84. The molecule has 0 aliphatic rings. The number of hydrogen-bond acceptors (Lipinski definition) is 3. The largest absolute Gasteiger partial charge is 0.313 e. The summed E-state index contributed by atoms with van der Waals surface area (Å²) in [5.74, 6) is 0.869. The van der Waals surface area contributed by atoms with Crippen molar-refractivity contribution in [3.63, 3.8) is 0 Å². The number of hydrogen-bond donors (Lipinski definition) is 1. The van der Waals surface area contributed by atoms with Crippen molar-refractivity contribution >= 4 is 0 Å². The van der Waals surface area contributed by atoms with Crippen LogP contribution in [0.2, 0.25) is 0 Å². The van der Waals surface area contributed by atoms with Gasteiger partial charge in [-0.25, -0.2) is 9.97 Å². The van der Waals surface area contributed by atoms with Crippen molar-refractivity contribution in [2.45, 2.75) is 60.4 Å². The highest BCUT2D eigenvalue weighted by molar-refractivity contribution is 5.11. The van der Waals surface area contributed by atoms with E-state index in [9.17, 15) is 0 Å². The smallest absolute Gasteiger partial charge is 0.125 e. The lowest BCUT2D eigenvalue weighted by Gasteiger charge is -2.31. The van der Waals surface area contributed by atoms with Gasteiger partial charge >= 0.3 is 0 Å². The molecule has 102 valence electrons. The van der Waals surface area contributed by atoms with E-state index in [-0.39, 0.29) is 5.41 Å². The minimum Gasteiger partial charge on any atom is -0.313 e. The fourth-order valence-corrected chi connectivity index (χ4v) is 2.11. The lowest BCUT2D eigenvalue weighted by Crippen LogP contribution is -2.42. The third-order valence-electron chi connectivity index (χ3n) is 3.12. The Hall–Kier alpha value is -0.960. The van der Waals surface area contributed by atoms with Crippen molar-refractivity contribution in [3.8, 4) is 0 Å². The van der Waals surface area contributed by atoms with E-state index < -0.39 is 0 Å². The van der Waals surface area contributed by atoms with Crippen LogP contribution in [0, 0.1) is 19.3 Å². The van der Waals surface area contributed by atoms with Crippen LogP contribution in [0.4, 0.5) is 0 Å². The summed E-state index contributed by atoms with van der Waals surface area (Å²) in [5.41, 5.74) is 2.44. The van der Waals surface area contributed by atoms with Gasteiger partial charge in [-0.1, -0.05) is 27.7 Å². The molecule has 0 aromatic carbocycles. The summed E-state index contributed by atoms with van der Waals surface area (Å²) in [7, 11) is 0. The van der Waals surface area contributed by atoms with Crippen molar-refractivity contribution in [3.05, 3.63) is 23.3 Å². The number of nitrogens with zero attached hydrogens (tertiary/aromatic N) is 2. The Morgan fingerprint density at radius 2 is 1.89 bits per heavy atom. The van der Waals surface area contributed by atoms with E-state index in [0.29, 0.717) is 6.04 Å². The van der Waals surface area contributed by atoms with Crippen LogP contribution in [-0.4, -0.2) is 22.6 Å². The summed E-state index contributed by atoms with van der Waals surface area (Å²) in [4.78, 5) is 8.88. The van der Waals surface area contributed by atoms with Gasteiger partial charge in [-0.15, -0.1) is 0 Å². The monoisotopic (exact) mass is 249 g/mol. The van der Waals surface area contributed by atoms with Gasteiger partial charge in [0, 0.05) is 23.9 Å². The van der Waals surface area contributed by atoms with E-state index in [1.54, 1.807) is 0 Å². The maximum atomic E-state index is 4.54. The predicted molar refractivity (Wildman–Crippen MR) is 76.7 cm³/mol. The third kappa shape index (κ3) is 4.73. The average Bonchev–Trinajstić information content (AvgIpc) is 2.21. The summed E-state index contributed by atoms with van der Waals surface area (Å²) >= 11 is 0. The highest BCUT2D eigenvalue weighted by Crippen LogP contribution is 2.22. The Labute approximate surface area is 111 Å².